The quantitative estimate of drug-likeness (QED) is 0.419. The van der Waals surface area contributed by atoms with Gasteiger partial charge in [0.1, 0.15) is 34.0 Å². The van der Waals surface area contributed by atoms with Gasteiger partial charge in [0, 0.05) is 12.6 Å². The Hall–Kier alpha value is -2.75. The molecule has 0 aliphatic heterocycles. The highest BCUT2D eigenvalue weighted by Gasteiger charge is 2.22. The standard InChI is InChI=1S/C25H33N3O5S/c1-14(2)28(11-18(29)13-32-19-10-8-7-9-16(19)5)12-20-26-23(30)21-17(6)22(34-24(21)27-20)25(31)33-15(3)4/h7-10,14-15,18,29H,11-13H2,1-6H3,(H,26,27,30)/t18-/m0/s1. The Bertz CT molecular complexity index is 1200. The first-order valence-electron chi connectivity index (χ1n) is 11.4. The summed E-state index contributed by atoms with van der Waals surface area (Å²) in [6, 6.07) is 7.76. The molecule has 0 spiro atoms. The Morgan fingerprint density at radius 2 is 1.91 bits per heavy atom. The number of para-hydroxylation sites is 1. The number of aromatic nitrogens is 2. The van der Waals surface area contributed by atoms with E-state index in [2.05, 4.69) is 9.97 Å². The van der Waals surface area contributed by atoms with Crippen molar-refractivity contribution >= 4 is 27.5 Å². The van der Waals surface area contributed by atoms with Crippen LogP contribution in [0.2, 0.25) is 0 Å². The third kappa shape index (κ3) is 6.22. The number of nitrogens with one attached hydrogen (secondary N) is 1. The van der Waals surface area contributed by atoms with Crippen LogP contribution in [0.1, 0.15) is 54.3 Å². The van der Waals surface area contributed by atoms with Gasteiger partial charge in [0.25, 0.3) is 5.56 Å². The first kappa shape index (κ1) is 25.9. The molecule has 0 fully saturated rings. The largest absolute Gasteiger partial charge is 0.491 e. The van der Waals surface area contributed by atoms with E-state index in [9.17, 15) is 14.7 Å². The molecule has 2 heterocycles. The second kappa shape index (κ2) is 11.1. The fourth-order valence-electron chi connectivity index (χ4n) is 3.60. The predicted molar refractivity (Wildman–Crippen MR) is 134 cm³/mol. The number of hydrogen-bond acceptors (Lipinski definition) is 8. The Morgan fingerprint density at radius 1 is 1.21 bits per heavy atom. The van der Waals surface area contributed by atoms with Crippen LogP contribution in [0.15, 0.2) is 29.1 Å². The molecule has 3 rings (SSSR count). The lowest BCUT2D eigenvalue weighted by molar-refractivity contribution is 0.0383. The molecule has 2 aromatic heterocycles. The van der Waals surface area contributed by atoms with Gasteiger partial charge < -0.3 is 19.6 Å². The molecule has 9 heteroatoms. The SMILES string of the molecule is Cc1ccccc1OC[C@@H](O)CN(Cc1nc2sc(C(=O)OC(C)C)c(C)c2c(=O)[nH]1)C(C)C. The average molecular weight is 488 g/mol. The molecule has 0 saturated carbocycles. The lowest BCUT2D eigenvalue weighted by Crippen LogP contribution is -2.40. The summed E-state index contributed by atoms with van der Waals surface area (Å²) in [6.07, 6.45) is -0.974. The number of nitrogens with zero attached hydrogens (tertiary/aromatic N) is 2. The number of hydrogen-bond donors (Lipinski definition) is 2. The van der Waals surface area contributed by atoms with Gasteiger partial charge in [-0.2, -0.15) is 0 Å². The monoisotopic (exact) mass is 487 g/mol. The first-order valence-corrected chi connectivity index (χ1v) is 12.2. The maximum Gasteiger partial charge on any atom is 0.348 e. The number of esters is 1. The lowest BCUT2D eigenvalue weighted by atomic mass is 10.2. The van der Waals surface area contributed by atoms with Gasteiger partial charge in [0.15, 0.2) is 0 Å². The van der Waals surface area contributed by atoms with E-state index in [0.29, 0.717) is 39.6 Å². The Kier molecular flexibility index (Phi) is 8.46. The van der Waals surface area contributed by atoms with Crippen LogP contribution in [0.5, 0.6) is 5.75 Å². The van der Waals surface area contributed by atoms with Crippen molar-refractivity contribution in [3.8, 4) is 5.75 Å². The summed E-state index contributed by atoms with van der Waals surface area (Å²) < 4.78 is 11.1. The second-order valence-electron chi connectivity index (χ2n) is 8.96. The fraction of sp³-hybridized carbons (Fsp3) is 0.480. The summed E-state index contributed by atoms with van der Waals surface area (Å²) in [5.74, 6) is 0.772. The summed E-state index contributed by atoms with van der Waals surface area (Å²) in [6.45, 7) is 12.1. The molecule has 1 atom stereocenters. The number of carbonyl (C=O) groups excluding carboxylic acids is 1. The van der Waals surface area contributed by atoms with Gasteiger partial charge in [0.05, 0.1) is 18.0 Å². The number of aromatic amines is 1. The Morgan fingerprint density at radius 3 is 2.56 bits per heavy atom. The number of benzene rings is 1. The lowest BCUT2D eigenvalue weighted by Gasteiger charge is -2.28. The molecular formula is C25H33N3O5S. The smallest absolute Gasteiger partial charge is 0.348 e. The zero-order valence-corrected chi connectivity index (χ0v) is 21.4. The van der Waals surface area contributed by atoms with Crippen molar-refractivity contribution in [2.24, 2.45) is 0 Å². The van der Waals surface area contributed by atoms with Crippen LogP contribution in [0, 0.1) is 13.8 Å². The molecule has 0 unspecified atom stereocenters. The second-order valence-corrected chi connectivity index (χ2v) is 9.96. The number of ether oxygens (including phenoxy) is 2. The van der Waals surface area contributed by atoms with Gasteiger partial charge in [-0.05, 0) is 58.7 Å². The molecule has 8 nitrogen and oxygen atoms in total. The van der Waals surface area contributed by atoms with Gasteiger partial charge in [-0.1, -0.05) is 18.2 Å². The minimum Gasteiger partial charge on any atom is -0.491 e. The minimum absolute atomic E-state index is 0.0933. The van der Waals surface area contributed by atoms with E-state index >= 15 is 0 Å². The van der Waals surface area contributed by atoms with E-state index in [1.807, 2.05) is 49.9 Å². The molecule has 184 valence electrons. The number of aryl methyl sites for hydroxylation is 2. The number of H-pyrrole nitrogens is 1. The highest BCUT2D eigenvalue weighted by Crippen LogP contribution is 2.28. The maximum atomic E-state index is 12.8. The summed E-state index contributed by atoms with van der Waals surface area (Å²) in [4.78, 5) is 35.6. The number of rotatable bonds is 10. The van der Waals surface area contributed by atoms with Crippen LogP contribution in [0.25, 0.3) is 10.2 Å². The van der Waals surface area contributed by atoms with E-state index < -0.39 is 12.1 Å². The Balaban J connectivity index is 1.75. The summed E-state index contributed by atoms with van der Waals surface area (Å²) in [7, 11) is 0. The van der Waals surface area contributed by atoms with E-state index in [4.69, 9.17) is 9.47 Å². The van der Waals surface area contributed by atoms with E-state index in [1.165, 1.54) is 11.3 Å². The molecule has 34 heavy (non-hydrogen) atoms. The molecule has 0 radical (unpaired) electrons. The normalized spacial score (nSPS) is 12.6. The molecule has 2 N–H and O–H groups in total. The highest BCUT2D eigenvalue weighted by atomic mass is 32.1. The molecule has 1 aromatic carbocycles. The molecular weight excluding hydrogens is 454 g/mol. The highest BCUT2D eigenvalue weighted by molar-refractivity contribution is 7.20. The van der Waals surface area contributed by atoms with Crippen LogP contribution < -0.4 is 10.3 Å². The zero-order chi connectivity index (χ0) is 25.0. The topological polar surface area (TPSA) is 105 Å². The fourth-order valence-corrected chi connectivity index (χ4v) is 4.69. The predicted octanol–water partition coefficient (Wildman–Crippen LogP) is 3.82. The number of carbonyl (C=O) groups is 1. The Labute approximate surface area is 203 Å². The van der Waals surface area contributed by atoms with Gasteiger partial charge in [-0.15, -0.1) is 11.3 Å². The van der Waals surface area contributed by atoms with Crippen molar-refractivity contribution in [1.82, 2.24) is 14.9 Å². The molecule has 3 aromatic rings. The van der Waals surface area contributed by atoms with Crippen LogP contribution >= 0.6 is 11.3 Å². The number of thiophene rings is 1. The number of aliphatic hydroxyl groups is 1. The van der Waals surface area contributed by atoms with E-state index in [1.54, 1.807) is 20.8 Å². The van der Waals surface area contributed by atoms with Crippen molar-refractivity contribution < 1.29 is 19.4 Å². The first-order chi connectivity index (χ1) is 16.1. The van der Waals surface area contributed by atoms with Crippen molar-refractivity contribution in [2.75, 3.05) is 13.2 Å². The van der Waals surface area contributed by atoms with Gasteiger partial charge >= 0.3 is 5.97 Å². The summed E-state index contributed by atoms with van der Waals surface area (Å²) >= 11 is 1.17. The van der Waals surface area contributed by atoms with E-state index in [-0.39, 0.29) is 24.3 Å². The van der Waals surface area contributed by atoms with Crippen molar-refractivity contribution in [1.29, 1.82) is 0 Å². The third-order valence-electron chi connectivity index (χ3n) is 5.43. The zero-order valence-electron chi connectivity index (χ0n) is 20.5. The van der Waals surface area contributed by atoms with Gasteiger partial charge in [-0.3, -0.25) is 9.69 Å². The number of aliphatic hydroxyl groups excluding tert-OH is 1. The van der Waals surface area contributed by atoms with Crippen LogP contribution in [0.4, 0.5) is 0 Å². The molecule has 0 saturated heterocycles. The number of fused-ring (bicyclic) bond motifs is 1. The molecule has 0 bridgehead atoms. The van der Waals surface area contributed by atoms with Crippen LogP contribution in [-0.2, 0) is 11.3 Å². The van der Waals surface area contributed by atoms with Crippen molar-refractivity contribution in [3.05, 3.63) is 56.4 Å². The van der Waals surface area contributed by atoms with Gasteiger partial charge in [0.2, 0.25) is 0 Å². The molecule has 0 amide bonds. The van der Waals surface area contributed by atoms with Crippen LogP contribution in [0.3, 0.4) is 0 Å². The van der Waals surface area contributed by atoms with Crippen molar-refractivity contribution in [2.45, 2.75) is 66.3 Å². The van der Waals surface area contributed by atoms with Crippen LogP contribution in [-0.4, -0.2) is 57.3 Å². The molecule has 0 aliphatic rings. The minimum atomic E-state index is -0.723. The average Bonchev–Trinajstić information content (AvgIpc) is 3.09. The van der Waals surface area contributed by atoms with E-state index in [0.717, 1.165) is 11.3 Å². The third-order valence-corrected chi connectivity index (χ3v) is 6.60. The molecule has 0 aliphatic carbocycles. The van der Waals surface area contributed by atoms with Gasteiger partial charge in [-0.25, -0.2) is 9.78 Å². The summed E-state index contributed by atoms with van der Waals surface area (Å²) in [5.41, 5.74) is 1.30. The summed E-state index contributed by atoms with van der Waals surface area (Å²) in [5, 5.41) is 11.0. The van der Waals surface area contributed by atoms with Crippen molar-refractivity contribution in [3.63, 3.8) is 0 Å². The maximum absolute atomic E-state index is 12.8.